The second-order valence-electron chi connectivity index (χ2n) is 7.92. The first kappa shape index (κ1) is 21.3. The van der Waals surface area contributed by atoms with Gasteiger partial charge in [-0.05, 0) is 77.1 Å². The van der Waals surface area contributed by atoms with Gasteiger partial charge in [-0.1, -0.05) is 29.3 Å². The second-order valence-corrected chi connectivity index (χ2v) is 8.74. The number of carbonyl (C=O) groups excluding carboxylic acids is 1. The predicted molar refractivity (Wildman–Crippen MR) is 108 cm³/mol. The van der Waals surface area contributed by atoms with Crippen molar-refractivity contribution in [2.45, 2.75) is 57.6 Å². The van der Waals surface area contributed by atoms with E-state index >= 15 is 0 Å². The van der Waals surface area contributed by atoms with Crippen LogP contribution in [-0.4, -0.2) is 42.3 Å². The summed E-state index contributed by atoms with van der Waals surface area (Å²) in [6, 6.07) is 5.90. The molecule has 0 saturated carbocycles. The molecule has 1 heterocycles. The van der Waals surface area contributed by atoms with Crippen molar-refractivity contribution in [2.75, 3.05) is 19.6 Å². The minimum Gasteiger partial charge on any atom is -0.444 e. The maximum atomic E-state index is 11.9. The first-order chi connectivity index (χ1) is 12.1. The van der Waals surface area contributed by atoms with Crippen molar-refractivity contribution in [3.63, 3.8) is 0 Å². The molecule has 1 aromatic rings. The van der Waals surface area contributed by atoms with Crippen molar-refractivity contribution in [1.82, 2.24) is 10.2 Å². The van der Waals surface area contributed by atoms with E-state index in [9.17, 15) is 4.79 Å². The summed E-state index contributed by atoms with van der Waals surface area (Å²) in [7, 11) is 0. The molecule has 4 nitrogen and oxygen atoms in total. The molecule has 2 rings (SSSR count). The Morgan fingerprint density at radius 2 is 1.96 bits per heavy atom. The molecule has 0 spiro atoms. The van der Waals surface area contributed by atoms with Gasteiger partial charge in [0, 0.05) is 19.1 Å². The van der Waals surface area contributed by atoms with E-state index in [0.29, 0.717) is 10.0 Å². The zero-order valence-electron chi connectivity index (χ0n) is 15.9. The number of halogens is 2. The van der Waals surface area contributed by atoms with E-state index in [4.69, 9.17) is 27.9 Å². The molecule has 145 valence electrons. The highest BCUT2D eigenvalue weighted by atomic mass is 35.5. The van der Waals surface area contributed by atoms with Crippen LogP contribution in [0, 0.1) is 6.92 Å². The third-order valence-corrected chi connectivity index (χ3v) is 5.26. The van der Waals surface area contributed by atoms with Crippen molar-refractivity contribution in [2.24, 2.45) is 0 Å². The number of piperidine rings is 1. The Balaban J connectivity index is 1.71. The summed E-state index contributed by atoms with van der Waals surface area (Å²) in [5.74, 6) is 0.183. The lowest BCUT2D eigenvalue weighted by Crippen LogP contribution is -2.46. The second kappa shape index (κ2) is 9.29. The van der Waals surface area contributed by atoms with E-state index in [1.807, 2.05) is 39.0 Å². The third kappa shape index (κ3) is 6.98. The van der Waals surface area contributed by atoms with Crippen LogP contribution in [0.2, 0.25) is 10.0 Å². The Morgan fingerprint density at radius 3 is 2.54 bits per heavy atom. The molecule has 1 radical (unpaired) electrons. The first-order valence-corrected chi connectivity index (χ1v) is 9.89. The number of rotatable bonds is 5. The lowest BCUT2D eigenvalue weighted by molar-refractivity contribution is 0.0479. The summed E-state index contributed by atoms with van der Waals surface area (Å²) in [4.78, 5) is 14.3. The van der Waals surface area contributed by atoms with Gasteiger partial charge in [-0.25, -0.2) is 4.79 Å². The van der Waals surface area contributed by atoms with Crippen LogP contribution >= 0.6 is 23.2 Å². The molecule has 1 aliphatic heterocycles. The Morgan fingerprint density at radius 1 is 1.31 bits per heavy atom. The van der Waals surface area contributed by atoms with E-state index in [1.54, 1.807) is 0 Å². The molecular formula is C20H29Cl2N2O2. The highest BCUT2D eigenvalue weighted by Crippen LogP contribution is 2.28. The Labute approximate surface area is 167 Å². The molecule has 1 amide bonds. The lowest BCUT2D eigenvalue weighted by Gasteiger charge is -2.33. The summed E-state index contributed by atoms with van der Waals surface area (Å²) in [5, 5.41) is 4.12. The van der Waals surface area contributed by atoms with Crippen molar-refractivity contribution in [1.29, 1.82) is 0 Å². The molecule has 1 aliphatic rings. The van der Waals surface area contributed by atoms with Crippen LogP contribution < -0.4 is 5.32 Å². The van der Waals surface area contributed by atoms with Gasteiger partial charge >= 0.3 is 6.09 Å². The van der Waals surface area contributed by atoms with Crippen LogP contribution in [-0.2, 0) is 4.74 Å². The van der Waals surface area contributed by atoms with E-state index in [0.717, 1.165) is 44.5 Å². The van der Waals surface area contributed by atoms with Crippen molar-refractivity contribution in [3.8, 4) is 0 Å². The summed E-state index contributed by atoms with van der Waals surface area (Å²) < 4.78 is 5.32. The van der Waals surface area contributed by atoms with Gasteiger partial charge in [-0.15, -0.1) is 0 Å². The van der Waals surface area contributed by atoms with Gasteiger partial charge in [-0.2, -0.15) is 0 Å². The summed E-state index contributed by atoms with van der Waals surface area (Å²) in [6.45, 7) is 12.8. The molecule has 1 unspecified atom stereocenters. The number of ether oxygens (including phenoxy) is 1. The normalized spacial score (nSPS) is 17.8. The number of nitrogens with one attached hydrogen (secondary N) is 1. The van der Waals surface area contributed by atoms with E-state index in [-0.39, 0.29) is 18.1 Å². The number of hydrogen-bond donors (Lipinski definition) is 1. The van der Waals surface area contributed by atoms with Gasteiger partial charge in [0.25, 0.3) is 0 Å². The Bertz CT molecular complexity index is 608. The molecule has 1 fully saturated rings. The molecule has 0 aromatic heterocycles. The fourth-order valence-electron chi connectivity index (χ4n) is 3.05. The number of hydrogen-bond acceptors (Lipinski definition) is 3. The van der Waals surface area contributed by atoms with Gasteiger partial charge in [0.15, 0.2) is 0 Å². The maximum absolute atomic E-state index is 11.9. The van der Waals surface area contributed by atoms with Gasteiger partial charge in [0.1, 0.15) is 5.60 Å². The fourth-order valence-corrected chi connectivity index (χ4v) is 3.35. The van der Waals surface area contributed by atoms with Gasteiger partial charge in [0.05, 0.1) is 10.0 Å². The molecule has 26 heavy (non-hydrogen) atoms. The number of nitrogens with zero attached hydrogens (tertiary/aromatic N) is 1. The van der Waals surface area contributed by atoms with Crippen LogP contribution in [0.15, 0.2) is 18.2 Å². The summed E-state index contributed by atoms with van der Waals surface area (Å²) in [6.07, 6.45) is 2.51. The van der Waals surface area contributed by atoms with E-state index < -0.39 is 5.60 Å². The molecule has 1 N–H and O–H groups in total. The highest BCUT2D eigenvalue weighted by Gasteiger charge is 2.23. The molecule has 1 saturated heterocycles. The smallest absolute Gasteiger partial charge is 0.407 e. The minimum absolute atomic E-state index is 0.183. The van der Waals surface area contributed by atoms with Crippen LogP contribution in [0.25, 0.3) is 0 Å². The SMILES string of the molecule is [CH2]C(CCN1CCC(NC(=O)OC(C)(C)C)CC1)c1ccc(Cl)c(Cl)c1. The number of carbonyl (C=O) groups is 1. The average Bonchev–Trinajstić information content (AvgIpc) is 2.54. The lowest BCUT2D eigenvalue weighted by atomic mass is 9.97. The maximum Gasteiger partial charge on any atom is 0.407 e. The minimum atomic E-state index is -0.460. The van der Waals surface area contributed by atoms with Crippen LogP contribution in [0.3, 0.4) is 0 Å². The number of likely N-dealkylation sites (tertiary alicyclic amines) is 1. The zero-order valence-corrected chi connectivity index (χ0v) is 17.4. The van der Waals surface area contributed by atoms with Gasteiger partial charge in [-0.3, -0.25) is 0 Å². The summed E-state index contributed by atoms with van der Waals surface area (Å²) >= 11 is 12.1. The molecule has 1 aromatic carbocycles. The predicted octanol–water partition coefficient (Wildman–Crippen LogP) is 5.29. The van der Waals surface area contributed by atoms with Crippen molar-refractivity contribution in [3.05, 3.63) is 40.7 Å². The average molecular weight is 400 g/mol. The Kier molecular flexibility index (Phi) is 7.63. The third-order valence-electron chi connectivity index (χ3n) is 4.52. The van der Waals surface area contributed by atoms with Crippen LogP contribution in [0.5, 0.6) is 0 Å². The fraction of sp³-hybridized carbons (Fsp3) is 0.600. The van der Waals surface area contributed by atoms with E-state index in [1.165, 1.54) is 0 Å². The Hall–Kier alpha value is -0.970. The van der Waals surface area contributed by atoms with Crippen LogP contribution in [0.1, 0.15) is 51.5 Å². The van der Waals surface area contributed by atoms with Crippen molar-refractivity contribution < 1.29 is 9.53 Å². The molecule has 0 aliphatic carbocycles. The molecular weight excluding hydrogens is 371 g/mol. The molecule has 1 atom stereocenters. The van der Waals surface area contributed by atoms with Crippen molar-refractivity contribution >= 4 is 29.3 Å². The van der Waals surface area contributed by atoms with E-state index in [2.05, 4.69) is 17.1 Å². The monoisotopic (exact) mass is 399 g/mol. The zero-order chi connectivity index (χ0) is 19.3. The number of alkyl carbamates (subject to hydrolysis) is 1. The number of benzene rings is 1. The standard InChI is InChI=1S/C20H29Cl2N2O2/c1-14(15-5-6-17(21)18(22)13-15)7-10-24-11-8-16(9-12-24)23-19(25)26-20(2,3)4/h5-6,13-14,16H,1,7-12H2,2-4H3,(H,23,25). The molecule has 6 heteroatoms. The first-order valence-electron chi connectivity index (χ1n) is 9.14. The largest absolute Gasteiger partial charge is 0.444 e. The highest BCUT2D eigenvalue weighted by molar-refractivity contribution is 6.42. The molecule has 0 bridgehead atoms. The van der Waals surface area contributed by atoms with Gasteiger partial charge < -0.3 is 15.0 Å². The topological polar surface area (TPSA) is 41.6 Å². The quantitative estimate of drug-likeness (QED) is 0.730. The summed E-state index contributed by atoms with van der Waals surface area (Å²) in [5.41, 5.74) is 0.652. The van der Waals surface area contributed by atoms with Crippen LogP contribution in [0.4, 0.5) is 4.79 Å². The van der Waals surface area contributed by atoms with Gasteiger partial charge in [0.2, 0.25) is 0 Å². The number of amides is 1.